The van der Waals surface area contributed by atoms with Crippen molar-refractivity contribution in [3.05, 3.63) is 11.8 Å². The number of hydrogen-bond donors (Lipinski definition) is 1. The molecule has 1 aliphatic carbocycles. The van der Waals surface area contributed by atoms with E-state index in [1.807, 2.05) is 0 Å². The second kappa shape index (κ2) is 2.73. The molecule has 3 nitrogen and oxygen atoms in total. The summed E-state index contributed by atoms with van der Waals surface area (Å²) in [7, 11) is 1.33. The van der Waals surface area contributed by atoms with E-state index in [0.717, 1.165) is 12.8 Å². The maximum absolute atomic E-state index is 10.7. The second-order valence-corrected chi connectivity index (χ2v) is 2.45. The van der Waals surface area contributed by atoms with Gasteiger partial charge in [0.15, 0.2) is 0 Å². The van der Waals surface area contributed by atoms with Gasteiger partial charge in [-0.2, -0.15) is 0 Å². The van der Waals surface area contributed by atoms with Gasteiger partial charge < -0.3 is 10.5 Å². The Balaban J connectivity index is 2.44. The molecule has 0 amide bonds. The SMILES string of the molecule is COC(=O)C(N)=CC1CC1. The monoisotopic (exact) mass is 141 g/mol. The number of allylic oxidation sites excluding steroid dienone is 1. The lowest BCUT2D eigenvalue weighted by atomic mass is 10.3. The summed E-state index contributed by atoms with van der Waals surface area (Å²) in [6.07, 6.45) is 4.07. The van der Waals surface area contributed by atoms with Crippen LogP contribution in [-0.4, -0.2) is 13.1 Å². The molecule has 1 saturated carbocycles. The van der Waals surface area contributed by atoms with Crippen LogP contribution in [0.2, 0.25) is 0 Å². The van der Waals surface area contributed by atoms with Crippen molar-refractivity contribution in [2.75, 3.05) is 7.11 Å². The molecule has 0 saturated heterocycles. The molecular weight excluding hydrogens is 130 g/mol. The first-order valence-corrected chi connectivity index (χ1v) is 3.29. The number of rotatable bonds is 2. The van der Waals surface area contributed by atoms with E-state index in [1.54, 1.807) is 6.08 Å². The molecule has 2 N–H and O–H groups in total. The van der Waals surface area contributed by atoms with Crippen molar-refractivity contribution in [1.29, 1.82) is 0 Å². The van der Waals surface area contributed by atoms with Crippen molar-refractivity contribution in [2.24, 2.45) is 11.7 Å². The van der Waals surface area contributed by atoms with Crippen LogP contribution in [0.3, 0.4) is 0 Å². The van der Waals surface area contributed by atoms with Crippen molar-refractivity contribution in [3.63, 3.8) is 0 Å². The Morgan fingerprint density at radius 3 is 2.70 bits per heavy atom. The lowest BCUT2D eigenvalue weighted by molar-refractivity contribution is -0.136. The third-order valence-electron chi connectivity index (χ3n) is 1.46. The molecule has 10 heavy (non-hydrogen) atoms. The lowest BCUT2D eigenvalue weighted by Crippen LogP contribution is -2.12. The Morgan fingerprint density at radius 1 is 1.70 bits per heavy atom. The van der Waals surface area contributed by atoms with Crippen molar-refractivity contribution in [2.45, 2.75) is 12.8 Å². The van der Waals surface area contributed by atoms with Crippen molar-refractivity contribution in [3.8, 4) is 0 Å². The van der Waals surface area contributed by atoms with E-state index < -0.39 is 5.97 Å². The van der Waals surface area contributed by atoms with Crippen molar-refractivity contribution < 1.29 is 9.53 Å². The van der Waals surface area contributed by atoms with Crippen LogP contribution >= 0.6 is 0 Å². The third kappa shape index (κ3) is 1.76. The van der Waals surface area contributed by atoms with E-state index in [1.165, 1.54) is 7.11 Å². The van der Waals surface area contributed by atoms with E-state index in [4.69, 9.17) is 5.73 Å². The Bertz CT molecular complexity index is 170. The molecule has 3 heteroatoms. The molecule has 0 aliphatic heterocycles. The Morgan fingerprint density at radius 2 is 2.30 bits per heavy atom. The molecule has 0 atom stereocenters. The van der Waals surface area contributed by atoms with Crippen LogP contribution in [0.5, 0.6) is 0 Å². The maximum Gasteiger partial charge on any atom is 0.353 e. The Labute approximate surface area is 59.8 Å². The summed E-state index contributed by atoms with van der Waals surface area (Å²) >= 11 is 0. The predicted octanol–water partition coefficient (Wildman–Crippen LogP) is 0.412. The first kappa shape index (κ1) is 7.12. The first-order chi connectivity index (χ1) is 4.74. The summed E-state index contributed by atoms with van der Waals surface area (Å²) in [6, 6.07) is 0. The van der Waals surface area contributed by atoms with Gasteiger partial charge in [-0.15, -0.1) is 0 Å². The average Bonchev–Trinajstić information content (AvgIpc) is 2.70. The fourth-order valence-electron chi connectivity index (χ4n) is 0.703. The predicted molar refractivity (Wildman–Crippen MR) is 37.0 cm³/mol. The summed E-state index contributed by atoms with van der Waals surface area (Å²) in [6.45, 7) is 0. The fourth-order valence-corrected chi connectivity index (χ4v) is 0.703. The summed E-state index contributed by atoms with van der Waals surface area (Å²) in [5.74, 6) is 0.103. The van der Waals surface area contributed by atoms with Crippen LogP contribution in [0.25, 0.3) is 0 Å². The molecule has 56 valence electrons. The smallest absolute Gasteiger partial charge is 0.353 e. The molecule has 0 unspecified atom stereocenters. The highest BCUT2D eigenvalue weighted by atomic mass is 16.5. The number of methoxy groups -OCH3 is 1. The zero-order chi connectivity index (χ0) is 7.56. The molecule has 1 fully saturated rings. The quantitative estimate of drug-likeness (QED) is 0.447. The second-order valence-electron chi connectivity index (χ2n) is 2.45. The van der Waals surface area contributed by atoms with Crippen LogP contribution in [0.1, 0.15) is 12.8 Å². The largest absolute Gasteiger partial charge is 0.464 e. The summed E-state index contributed by atoms with van der Waals surface area (Å²) < 4.78 is 4.41. The van der Waals surface area contributed by atoms with Crippen LogP contribution in [0.15, 0.2) is 11.8 Å². The molecule has 0 aromatic rings. The Kier molecular flexibility index (Phi) is 1.94. The molecule has 0 heterocycles. The van der Waals surface area contributed by atoms with Gasteiger partial charge in [0.25, 0.3) is 0 Å². The number of hydrogen-bond acceptors (Lipinski definition) is 3. The number of nitrogens with two attached hydrogens (primary N) is 1. The van der Waals surface area contributed by atoms with Crippen LogP contribution < -0.4 is 5.73 Å². The standard InChI is InChI=1S/C7H11NO2/c1-10-7(9)6(8)4-5-2-3-5/h4-5H,2-3,8H2,1H3. The van der Waals surface area contributed by atoms with E-state index in [9.17, 15) is 4.79 Å². The zero-order valence-corrected chi connectivity index (χ0v) is 5.96. The molecule has 0 aromatic heterocycles. The first-order valence-electron chi connectivity index (χ1n) is 3.29. The minimum atomic E-state index is -0.424. The highest BCUT2D eigenvalue weighted by molar-refractivity contribution is 5.87. The molecule has 0 bridgehead atoms. The minimum absolute atomic E-state index is 0.241. The molecule has 1 rings (SSSR count). The van der Waals surface area contributed by atoms with Crippen LogP contribution in [-0.2, 0) is 9.53 Å². The summed E-state index contributed by atoms with van der Waals surface area (Å²) in [5, 5.41) is 0. The van der Waals surface area contributed by atoms with E-state index >= 15 is 0 Å². The molecule has 0 radical (unpaired) electrons. The van der Waals surface area contributed by atoms with Crippen molar-refractivity contribution >= 4 is 5.97 Å². The molecule has 0 spiro atoms. The molecular formula is C7H11NO2. The van der Waals surface area contributed by atoms with Gasteiger partial charge in [-0.25, -0.2) is 4.79 Å². The maximum atomic E-state index is 10.7. The van der Waals surface area contributed by atoms with Gasteiger partial charge in [-0.1, -0.05) is 6.08 Å². The van der Waals surface area contributed by atoms with Crippen molar-refractivity contribution in [1.82, 2.24) is 0 Å². The summed E-state index contributed by atoms with van der Waals surface area (Å²) in [4.78, 5) is 10.7. The highest BCUT2D eigenvalue weighted by Crippen LogP contribution is 2.30. The van der Waals surface area contributed by atoms with Gasteiger partial charge >= 0.3 is 5.97 Å². The average molecular weight is 141 g/mol. The number of esters is 1. The Hall–Kier alpha value is -0.990. The number of carbonyl (C=O) groups excluding carboxylic acids is 1. The van der Waals surface area contributed by atoms with Gasteiger partial charge in [0.2, 0.25) is 0 Å². The third-order valence-corrected chi connectivity index (χ3v) is 1.46. The number of carbonyl (C=O) groups is 1. The van der Waals surface area contributed by atoms with Gasteiger partial charge in [-0.3, -0.25) is 0 Å². The normalized spacial score (nSPS) is 18.7. The summed E-state index contributed by atoms with van der Waals surface area (Å²) in [5.41, 5.74) is 5.60. The molecule has 0 aromatic carbocycles. The van der Waals surface area contributed by atoms with Gasteiger partial charge in [0, 0.05) is 0 Å². The highest BCUT2D eigenvalue weighted by Gasteiger charge is 2.20. The fraction of sp³-hybridized carbons (Fsp3) is 0.571. The van der Waals surface area contributed by atoms with E-state index in [-0.39, 0.29) is 5.70 Å². The van der Waals surface area contributed by atoms with E-state index in [0.29, 0.717) is 5.92 Å². The van der Waals surface area contributed by atoms with Crippen LogP contribution in [0.4, 0.5) is 0 Å². The van der Waals surface area contributed by atoms with E-state index in [2.05, 4.69) is 4.74 Å². The van der Waals surface area contributed by atoms with Gasteiger partial charge in [0.05, 0.1) is 7.11 Å². The van der Waals surface area contributed by atoms with Gasteiger partial charge in [-0.05, 0) is 18.8 Å². The zero-order valence-electron chi connectivity index (χ0n) is 5.96. The molecule has 1 aliphatic rings. The van der Waals surface area contributed by atoms with Crippen LogP contribution in [0, 0.1) is 5.92 Å². The topological polar surface area (TPSA) is 52.3 Å². The number of ether oxygens (including phenoxy) is 1. The minimum Gasteiger partial charge on any atom is -0.464 e. The van der Waals surface area contributed by atoms with Gasteiger partial charge in [0.1, 0.15) is 5.70 Å². The lowest BCUT2D eigenvalue weighted by Gasteiger charge is -1.96.